The highest BCUT2D eigenvalue weighted by Gasteiger charge is 2.40. The normalized spacial score (nSPS) is 14.2. The first kappa shape index (κ1) is 11.6. The first-order valence-electron chi connectivity index (χ1n) is 3.72. The van der Waals surface area contributed by atoms with Crippen molar-refractivity contribution in [1.82, 2.24) is 5.32 Å². The van der Waals surface area contributed by atoms with E-state index in [9.17, 15) is 14.4 Å². The van der Waals surface area contributed by atoms with Crippen molar-refractivity contribution >= 4 is 17.7 Å². The van der Waals surface area contributed by atoms with E-state index in [-0.39, 0.29) is 0 Å². The van der Waals surface area contributed by atoms with Gasteiger partial charge in [-0.1, -0.05) is 0 Å². The minimum atomic E-state index is -1.57. The van der Waals surface area contributed by atoms with Crippen LogP contribution in [0.2, 0.25) is 0 Å². The van der Waals surface area contributed by atoms with Gasteiger partial charge in [-0.2, -0.15) is 0 Å². The van der Waals surface area contributed by atoms with Gasteiger partial charge in [-0.25, -0.2) is 4.79 Å². The fraction of sp³-hybridized carbons (Fsp3) is 0.625. The Morgan fingerprint density at radius 3 is 1.92 bits per heavy atom. The summed E-state index contributed by atoms with van der Waals surface area (Å²) in [7, 11) is 1.16. The van der Waals surface area contributed by atoms with Crippen LogP contribution < -0.4 is 5.32 Å². The molecule has 5 nitrogen and oxygen atoms in total. The van der Waals surface area contributed by atoms with Gasteiger partial charge in [-0.05, 0) is 13.8 Å². The monoisotopic (exact) mass is 187 g/mol. The molecule has 0 saturated carbocycles. The average molecular weight is 187 g/mol. The van der Waals surface area contributed by atoms with E-state index in [2.05, 4.69) is 10.1 Å². The van der Waals surface area contributed by atoms with Crippen LogP contribution in [0.25, 0.3) is 0 Å². The lowest BCUT2D eigenvalue weighted by Gasteiger charge is -2.23. The molecule has 0 bridgehead atoms. The Bertz CT molecular complexity index is 249. The largest absolute Gasteiger partial charge is 0.467 e. The van der Waals surface area contributed by atoms with Crippen molar-refractivity contribution in [2.24, 2.45) is 0 Å². The molecule has 0 saturated heterocycles. The first-order chi connectivity index (χ1) is 5.84. The highest BCUT2D eigenvalue weighted by molar-refractivity contribution is 6.09. The van der Waals surface area contributed by atoms with E-state index in [4.69, 9.17) is 0 Å². The predicted molar refractivity (Wildman–Crippen MR) is 44.9 cm³/mol. The summed E-state index contributed by atoms with van der Waals surface area (Å²) >= 11 is 0. The van der Waals surface area contributed by atoms with Crippen molar-refractivity contribution in [2.45, 2.75) is 26.3 Å². The van der Waals surface area contributed by atoms with Crippen molar-refractivity contribution in [3.8, 4) is 0 Å². The van der Waals surface area contributed by atoms with Crippen LogP contribution in [0.4, 0.5) is 0 Å². The average Bonchev–Trinajstić information content (AvgIpc) is 2.01. The topological polar surface area (TPSA) is 72.5 Å². The summed E-state index contributed by atoms with van der Waals surface area (Å²) in [6.45, 7) is 3.75. The number of amides is 1. The zero-order chi connectivity index (χ0) is 10.6. The van der Waals surface area contributed by atoms with Gasteiger partial charge in [0.2, 0.25) is 5.91 Å². The van der Waals surface area contributed by atoms with E-state index in [0.717, 1.165) is 7.11 Å². The Labute approximate surface area is 76.4 Å². The summed E-state index contributed by atoms with van der Waals surface area (Å²) in [5.41, 5.74) is -1.57. The fourth-order valence-corrected chi connectivity index (χ4v) is 0.839. The summed E-state index contributed by atoms with van der Waals surface area (Å²) in [6.07, 6.45) is 0. The van der Waals surface area contributed by atoms with Gasteiger partial charge in [0.15, 0.2) is 11.3 Å². The molecule has 1 unspecified atom stereocenters. The fourth-order valence-electron chi connectivity index (χ4n) is 0.839. The minimum absolute atomic E-state index is 0.455. The summed E-state index contributed by atoms with van der Waals surface area (Å²) < 4.78 is 4.40. The summed E-state index contributed by atoms with van der Waals surface area (Å²) in [5, 5.41) is 2.24. The lowest BCUT2D eigenvalue weighted by atomic mass is 9.98. The number of rotatable bonds is 3. The Morgan fingerprint density at radius 2 is 1.69 bits per heavy atom. The maximum Gasteiger partial charge on any atom is 0.339 e. The molecule has 1 amide bonds. The van der Waals surface area contributed by atoms with Gasteiger partial charge >= 0.3 is 5.97 Å². The molecular weight excluding hydrogens is 174 g/mol. The second-order valence-corrected chi connectivity index (χ2v) is 2.85. The summed E-state index contributed by atoms with van der Waals surface area (Å²) in [6, 6.07) is 0. The van der Waals surface area contributed by atoms with Crippen LogP contribution in [0.1, 0.15) is 20.8 Å². The van der Waals surface area contributed by atoms with Crippen molar-refractivity contribution in [3.05, 3.63) is 0 Å². The Kier molecular flexibility index (Phi) is 3.59. The van der Waals surface area contributed by atoms with E-state index < -0.39 is 23.2 Å². The van der Waals surface area contributed by atoms with Crippen molar-refractivity contribution < 1.29 is 19.1 Å². The second-order valence-electron chi connectivity index (χ2n) is 2.85. The SMILES string of the molecule is COC(=O)C(C)(NC(C)=O)C(C)=O. The van der Waals surface area contributed by atoms with Gasteiger partial charge in [0.1, 0.15) is 0 Å². The van der Waals surface area contributed by atoms with Gasteiger partial charge in [-0.15, -0.1) is 0 Å². The molecule has 5 heteroatoms. The second kappa shape index (κ2) is 4.02. The van der Waals surface area contributed by atoms with E-state index in [0.29, 0.717) is 0 Å². The van der Waals surface area contributed by atoms with E-state index in [1.807, 2.05) is 0 Å². The van der Waals surface area contributed by atoms with Gasteiger partial charge in [0.25, 0.3) is 0 Å². The number of hydrogen-bond acceptors (Lipinski definition) is 4. The van der Waals surface area contributed by atoms with E-state index in [1.54, 1.807) is 0 Å². The quantitative estimate of drug-likeness (QED) is 0.484. The Balaban J connectivity index is 4.83. The number of carbonyl (C=O) groups is 3. The van der Waals surface area contributed by atoms with E-state index >= 15 is 0 Å². The molecule has 0 fully saturated rings. The Morgan fingerprint density at radius 1 is 1.23 bits per heavy atom. The summed E-state index contributed by atoms with van der Waals surface area (Å²) in [5.74, 6) is -1.69. The van der Waals surface area contributed by atoms with Gasteiger partial charge in [0.05, 0.1) is 7.11 Å². The van der Waals surface area contributed by atoms with Crippen LogP contribution in [0, 0.1) is 0 Å². The molecule has 0 spiro atoms. The summed E-state index contributed by atoms with van der Waals surface area (Å²) in [4.78, 5) is 33.0. The third-order valence-corrected chi connectivity index (χ3v) is 1.72. The number of carbonyl (C=O) groups excluding carboxylic acids is 3. The first-order valence-corrected chi connectivity index (χ1v) is 3.72. The van der Waals surface area contributed by atoms with Crippen LogP contribution in [0.5, 0.6) is 0 Å². The highest BCUT2D eigenvalue weighted by atomic mass is 16.5. The number of esters is 1. The van der Waals surface area contributed by atoms with Crippen LogP contribution in [-0.4, -0.2) is 30.3 Å². The zero-order valence-electron chi connectivity index (χ0n) is 8.13. The predicted octanol–water partition coefficient (Wildman–Crippen LogP) is -0.357. The molecule has 0 heterocycles. The third-order valence-electron chi connectivity index (χ3n) is 1.72. The zero-order valence-corrected chi connectivity index (χ0v) is 8.13. The van der Waals surface area contributed by atoms with Crippen molar-refractivity contribution in [3.63, 3.8) is 0 Å². The number of ketones is 1. The smallest absolute Gasteiger partial charge is 0.339 e. The molecule has 0 radical (unpaired) electrons. The standard InChI is InChI=1S/C8H13NO4/c1-5(10)8(3,7(12)13-4)9-6(2)11/h1-4H3,(H,9,11). The Hall–Kier alpha value is -1.39. The molecule has 0 aliphatic rings. The van der Waals surface area contributed by atoms with Gasteiger partial charge in [0, 0.05) is 6.92 Å². The molecule has 0 aromatic carbocycles. The van der Waals surface area contributed by atoms with Gasteiger partial charge in [-0.3, -0.25) is 9.59 Å². The molecule has 0 aliphatic carbocycles. The number of hydrogen-bond donors (Lipinski definition) is 1. The lowest BCUT2D eigenvalue weighted by molar-refractivity contribution is -0.153. The molecular formula is C8H13NO4. The van der Waals surface area contributed by atoms with Crippen LogP contribution in [0.15, 0.2) is 0 Å². The molecule has 74 valence electrons. The molecule has 0 aliphatic heterocycles. The van der Waals surface area contributed by atoms with Crippen LogP contribution in [0.3, 0.4) is 0 Å². The van der Waals surface area contributed by atoms with E-state index in [1.165, 1.54) is 20.8 Å². The lowest BCUT2D eigenvalue weighted by Crippen LogP contribution is -2.57. The maximum atomic E-state index is 11.2. The van der Waals surface area contributed by atoms with Crippen molar-refractivity contribution in [2.75, 3.05) is 7.11 Å². The number of Topliss-reactive ketones (excluding diaryl/α,β-unsaturated/α-hetero) is 1. The molecule has 1 N–H and O–H groups in total. The van der Waals surface area contributed by atoms with Gasteiger partial charge < -0.3 is 10.1 Å². The molecule has 1 atom stereocenters. The highest BCUT2D eigenvalue weighted by Crippen LogP contribution is 2.07. The van der Waals surface area contributed by atoms with Crippen LogP contribution in [-0.2, 0) is 19.1 Å². The molecule has 13 heavy (non-hydrogen) atoms. The minimum Gasteiger partial charge on any atom is -0.467 e. The van der Waals surface area contributed by atoms with Crippen LogP contribution >= 0.6 is 0 Å². The maximum absolute atomic E-state index is 11.2. The number of nitrogens with one attached hydrogen (secondary N) is 1. The molecule has 0 rings (SSSR count). The number of methoxy groups -OCH3 is 1. The van der Waals surface area contributed by atoms with Crippen molar-refractivity contribution in [1.29, 1.82) is 0 Å². The third kappa shape index (κ3) is 2.54. The molecule has 0 aromatic heterocycles. The number of ether oxygens (including phenoxy) is 1. The molecule has 0 aromatic rings.